The van der Waals surface area contributed by atoms with E-state index in [9.17, 15) is 0 Å². The number of hydrogen-bond donors (Lipinski definition) is 3. The molecule has 0 amide bonds. The number of nitrogens with zero attached hydrogens (tertiary/aromatic N) is 1. The number of nitrogens with two attached hydrogens (primary N) is 1. The Morgan fingerprint density at radius 1 is 1.10 bits per heavy atom. The average Bonchev–Trinajstić information content (AvgIpc) is 2.44. The van der Waals surface area contributed by atoms with E-state index < -0.39 is 6.17 Å². The lowest BCUT2D eigenvalue weighted by Gasteiger charge is -2.25. The van der Waals surface area contributed by atoms with Gasteiger partial charge < -0.3 is 30.6 Å². The maximum Gasteiger partial charge on any atom is 0.197 e. The molecule has 1 aliphatic rings. The van der Waals surface area contributed by atoms with Gasteiger partial charge in [-0.2, -0.15) is 0 Å². The zero-order valence-corrected chi connectivity index (χ0v) is 12.2. The summed E-state index contributed by atoms with van der Waals surface area (Å²) in [7, 11) is 4.69. The second-order valence-electron chi connectivity index (χ2n) is 3.96. The fourth-order valence-electron chi connectivity index (χ4n) is 1.89. The Labute approximate surface area is 122 Å². The van der Waals surface area contributed by atoms with Gasteiger partial charge in [0, 0.05) is 11.6 Å². The number of rotatable bonds is 4. The molecule has 0 bridgehead atoms. The van der Waals surface area contributed by atoms with E-state index >= 15 is 0 Å². The van der Waals surface area contributed by atoms with Crippen LogP contribution in [-0.4, -0.2) is 32.4 Å². The highest BCUT2D eigenvalue weighted by Crippen LogP contribution is 2.38. The summed E-state index contributed by atoms with van der Waals surface area (Å²) in [6.45, 7) is 0. The van der Waals surface area contributed by atoms with Crippen molar-refractivity contribution in [3.63, 3.8) is 0 Å². The number of thiocarbonyl (C=S) groups is 1. The summed E-state index contributed by atoms with van der Waals surface area (Å²) in [4.78, 5) is 4.25. The van der Waals surface area contributed by atoms with E-state index in [0.29, 0.717) is 22.4 Å². The lowest BCUT2D eigenvalue weighted by Crippen LogP contribution is -2.49. The summed E-state index contributed by atoms with van der Waals surface area (Å²) < 4.78 is 15.9. The van der Waals surface area contributed by atoms with E-state index in [1.807, 2.05) is 0 Å². The van der Waals surface area contributed by atoms with E-state index in [0.717, 1.165) is 5.56 Å². The van der Waals surface area contributed by atoms with Crippen molar-refractivity contribution in [3.8, 4) is 17.2 Å². The third-order valence-electron chi connectivity index (χ3n) is 2.81. The minimum atomic E-state index is -0.446. The van der Waals surface area contributed by atoms with Crippen molar-refractivity contribution in [2.24, 2.45) is 10.7 Å². The van der Waals surface area contributed by atoms with Crippen LogP contribution in [0.1, 0.15) is 11.7 Å². The Bertz CT molecular complexity index is 562. The molecule has 8 heteroatoms. The maximum absolute atomic E-state index is 5.69. The number of nitrogens with one attached hydrogen (secondary N) is 2. The Kier molecular flexibility index (Phi) is 4.14. The quantitative estimate of drug-likeness (QED) is 0.697. The Hall–Kier alpha value is -2.22. The molecule has 1 atom stereocenters. The highest BCUT2D eigenvalue weighted by atomic mass is 32.1. The van der Waals surface area contributed by atoms with Gasteiger partial charge in [0.2, 0.25) is 0 Å². The number of ether oxygens (including phenoxy) is 3. The van der Waals surface area contributed by atoms with Gasteiger partial charge in [0.15, 0.2) is 28.7 Å². The summed E-state index contributed by atoms with van der Waals surface area (Å²) in [5.41, 5.74) is 6.43. The van der Waals surface area contributed by atoms with Crippen LogP contribution < -0.4 is 30.6 Å². The second kappa shape index (κ2) is 5.83. The molecule has 0 radical (unpaired) electrons. The SMILES string of the molecule is COc1cc(OC)c(C2N=C(N)NC(=S)N2)cc1OC. The van der Waals surface area contributed by atoms with Gasteiger partial charge >= 0.3 is 0 Å². The van der Waals surface area contributed by atoms with Gasteiger partial charge in [0.25, 0.3) is 0 Å². The van der Waals surface area contributed by atoms with Crippen LogP contribution in [0.4, 0.5) is 0 Å². The molecular weight excluding hydrogens is 280 g/mol. The van der Waals surface area contributed by atoms with E-state index in [1.54, 1.807) is 33.5 Å². The molecule has 1 heterocycles. The normalized spacial score (nSPS) is 17.6. The molecular formula is C12H16N4O3S. The highest BCUT2D eigenvalue weighted by molar-refractivity contribution is 7.80. The molecule has 108 valence electrons. The van der Waals surface area contributed by atoms with E-state index in [-0.39, 0.29) is 5.96 Å². The average molecular weight is 296 g/mol. The summed E-state index contributed by atoms with van der Waals surface area (Å²) in [5, 5.41) is 6.12. The van der Waals surface area contributed by atoms with Crippen LogP contribution in [0.3, 0.4) is 0 Å². The number of benzene rings is 1. The van der Waals surface area contributed by atoms with Crippen LogP contribution in [0.5, 0.6) is 17.2 Å². The maximum atomic E-state index is 5.69. The third kappa shape index (κ3) is 2.69. The van der Waals surface area contributed by atoms with Crippen molar-refractivity contribution in [2.75, 3.05) is 21.3 Å². The summed E-state index contributed by atoms with van der Waals surface area (Å²) in [5.74, 6) is 1.99. The first-order chi connectivity index (χ1) is 9.58. The zero-order valence-electron chi connectivity index (χ0n) is 11.4. The fourth-order valence-corrected chi connectivity index (χ4v) is 2.11. The standard InChI is InChI=1S/C12H16N4O3S/c1-17-7-5-9(19-3)8(18-2)4-6(7)10-14-11(13)16-12(20)15-10/h4-5,10H,1-3H3,(H4,13,14,15,16,20). The Morgan fingerprint density at radius 3 is 2.25 bits per heavy atom. The largest absolute Gasteiger partial charge is 0.496 e. The van der Waals surface area contributed by atoms with Gasteiger partial charge in [-0.3, -0.25) is 0 Å². The molecule has 0 saturated carbocycles. The molecule has 1 unspecified atom stereocenters. The van der Waals surface area contributed by atoms with Crippen molar-refractivity contribution in [1.82, 2.24) is 10.6 Å². The number of aliphatic imine (C=N–C) groups is 1. The van der Waals surface area contributed by atoms with Gasteiger partial charge in [-0.25, -0.2) is 4.99 Å². The molecule has 0 fully saturated rings. The van der Waals surface area contributed by atoms with Gasteiger partial charge in [0.1, 0.15) is 5.75 Å². The predicted molar refractivity (Wildman–Crippen MR) is 79.3 cm³/mol. The van der Waals surface area contributed by atoms with Crippen LogP contribution in [-0.2, 0) is 0 Å². The molecule has 2 rings (SSSR count). The minimum Gasteiger partial charge on any atom is -0.496 e. The van der Waals surface area contributed by atoms with Crippen LogP contribution in [0.15, 0.2) is 17.1 Å². The molecule has 7 nitrogen and oxygen atoms in total. The summed E-state index contributed by atoms with van der Waals surface area (Å²) >= 11 is 5.07. The highest BCUT2D eigenvalue weighted by Gasteiger charge is 2.23. The minimum absolute atomic E-state index is 0.246. The molecule has 0 saturated heterocycles. The first kappa shape index (κ1) is 14.2. The number of methoxy groups -OCH3 is 3. The van der Waals surface area contributed by atoms with Crippen molar-refractivity contribution < 1.29 is 14.2 Å². The first-order valence-electron chi connectivity index (χ1n) is 5.79. The summed E-state index contributed by atoms with van der Waals surface area (Å²) in [6, 6.07) is 3.51. The van der Waals surface area contributed by atoms with E-state index in [4.69, 9.17) is 32.2 Å². The molecule has 0 spiro atoms. The van der Waals surface area contributed by atoms with Crippen LogP contribution in [0, 0.1) is 0 Å². The Morgan fingerprint density at radius 2 is 1.70 bits per heavy atom. The molecule has 20 heavy (non-hydrogen) atoms. The summed E-state index contributed by atoms with van der Waals surface area (Å²) in [6.07, 6.45) is -0.446. The van der Waals surface area contributed by atoms with Crippen LogP contribution in [0.2, 0.25) is 0 Å². The van der Waals surface area contributed by atoms with Crippen molar-refractivity contribution in [2.45, 2.75) is 6.17 Å². The van der Waals surface area contributed by atoms with Crippen LogP contribution >= 0.6 is 12.2 Å². The van der Waals surface area contributed by atoms with Gasteiger partial charge in [-0.1, -0.05) is 0 Å². The lowest BCUT2D eigenvalue weighted by atomic mass is 10.1. The van der Waals surface area contributed by atoms with Crippen molar-refractivity contribution in [1.29, 1.82) is 0 Å². The Balaban J connectivity index is 2.49. The van der Waals surface area contributed by atoms with Gasteiger partial charge in [0.05, 0.1) is 21.3 Å². The topological polar surface area (TPSA) is 90.1 Å². The number of guanidine groups is 1. The predicted octanol–water partition coefficient (Wildman–Crippen LogP) is 0.503. The smallest absolute Gasteiger partial charge is 0.197 e. The molecule has 0 aliphatic carbocycles. The van der Waals surface area contributed by atoms with E-state index in [1.165, 1.54) is 0 Å². The molecule has 1 aromatic rings. The fraction of sp³-hybridized carbons (Fsp3) is 0.333. The molecule has 4 N–H and O–H groups in total. The monoisotopic (exact) mass is 296 g/mol. The van der Waals surface area contributed by atoms with E-state index in [2.05, 4.69) is 15.6 Å². The lowest BCUT2D eigenvalue weighted by molar-refractivity contribution is 0.346. The molecule has 1 aliphatic heterocycles. The van der Waals surface area contributed by atoms with Crippen LogP contribution in [0.25, 0.3) is 0 Å². The first-order valence-corrected chi connectivity index (χ1v) is 6.20. The molecule has 0 aromatic heterocycles. The number of hydrogen-bond acceptors (Lipinski definition) is 6. The van der Waals surface area contributed by atoms with Crippen molar-refractivity contribution in [3.05, 3.63) is 17.7 Å². The second-order valence-corrected chi connectivity index (χ2v) is 4.37. The molecule has 1 aromatic carbocycles. The zero-order chi connectivity index (χ0) is 14.7. The van der Waals surface area contributed by atoms with Gasteiger partial charge in [-0.15, -0.1) is 0 Å². The van der Waals surface area contributed by atoms with Crippen molar-refractivity contribution >= 4 is 23.3 Å². The third-order valence-corrected chi connectivity index (χ3v) is 3.03. The van der Waals surface area contributed by atoms with Gasteiger partial charge in [-0.05, 0) is 18.3 Å².